The van der Waals surface area contributed by atoms with Crippen LogP contribution in [0, 0.1) is 11.3 Å². The van der Waals surface area contributed by atoms with Crippen LogP contribution in [0.3, 0.4) is 0 Å². The Morgan fingerprint density at radius 1 is 1.12 bits per heavy atom. The molecule has 0 N–H and O–H groups in total. The van der Waals surface area contributed by atoms with E-state index in [1.807, 2.05) is 36.4 Å². The molecule has 0 spiro atoms. The van der Waals surface area contributed by atoms with Crippen LogP contribution in [0.15, 0.2) is 54.6 Å². The fraction of sp³-hybridized carbons (Fsp3) is 0.292. The summed E-state index contributed by atoms with van der Waals surface area (Å²) >= 11 is 0. The Labute approximate surface area is 157 Å². The van der Waals surface area contributed by atoms with Crippen LogP contribution in [-0.2, 0) is 0 Å². The van der Waals surface area contributed by atoms with E-state index in [0.29, 0.717) is 11.6 Å². The second-order valence-electron chi connectivity index (χ2n) is 7.76. The first-order valence-electron chi connectivity index (χ1n) is 9.14. The van der Waals surface area contributed by atoms with E-state index in [4.69, 9.17) is 0 Å². The van der Waals surface area contributed by atoms with Crippen LogP contribution in [0.25, 0.3) is 17.2 Å². The number of rotatable bonds is 3. The molecule has 0 radical (unpaired) electrons. The minimum atomic E-state index is -0.00947. The third-order valence-electron chi connectivity index (χ3n) is 4.93. The molecule has 0 saturated heterocycles. The van der Waals surface area contributed by atoms with Crippen LogP contribution in [0.1, 0.15) is 51.3 Å². The molecule has 0 fully saturated rings. The first-order chi connectivity index (χ1) is 12.3. The van der Waals surface area contributed by atoms with E-state index >= 15 is 0 Å². The molecule has 0 aromatic heterocycles. The Balaban J connectivity index is 2.08. The van der Waals surface area contributed by atoms with Crippen molar-refractivity contribution in [3.8, 4) is 6.07 Å². The van der Waals surface area contributed by atoms with E-state index in [9.17, 15) is 5.26 Å². The number of fused-ring (bicyclic) bond motifs is 1. The number of nitrogens with zero attached hydrogens (tertiary/aromatic N) is 2. The molecule has 0 bridgehead atoms. The molecule has 2 aromatic rings. The molecule has 0 saturated carbocycles. The van der Waals surface area contributed by atoms with Gasteiger partial charge in [0, 0.05) is 17.3 Å². The standard InChI is InChI=1S/C24H26N2/c1-17(2)26-23-12-11-19(14-22(23)18(3)15-24(26,4)5)13-21(16-25)20-9-7-6-8-10-20/h6-15,17H,1-5H3/b21-13+. The number of benzene rings is 2. The molecule has 1 aliphatic rings. The highest BCUT2D eigenvalue weighted by Gasteiger charge is 2.32. The van der Waals surface area contributed by atoms with Gasteiger partial charge in [0.15, 0.2) is 0 Å². The van der Waals surface area contributed by atoms with Crippen molar-refractivity contribution in [3.05, 3.63) is 71.3 Å². The van der Waals surface area contributed by atoms with Gasteiger partial charge in [0.2, 0.25) is 0 Å². The van der Waals surface area contributed by atoms with Gasteiger partial charge in [0.25, 0.3) is 0 Å². The maximum atomic E-state index is 9.58. The predicted octanol–water partition coefficient (Wildman–Crippen LogP) is 6.16. The van der Waals surface area contributed by atoms with Gasteiger partial charge in [0.05, 0.1) is 17.2 Å². The summed E-state index contributed by atoms with van der Waals surface area (Å²) in [4.78, 5) is 2.46. The van der Waals surface area contributed by atoms with Crippen LogP contribution < -0.4 is 4.90 Å². The number of allylic oxidation sites excluding steroid dienone is 2. The summed E-state index contributed by atoms with van der Waals surface area (Å²) in [6.45, 7) is 11.2. The molecule has 2 nitrogen and oxygen atoms in total. The molecule has 26 heavy (non-hydrogen) atoms. The second kappa shape index (κ2) is 6.84. The number of hydrogen-bond acceptors (Lipinski definition) is 2. The molecule has 2 heteroatoms. The zero-order valence-electron chi connectivity index (χ0n) is 16.2. The molecular formula is C24H26N2. The highest BCUT2D eigenvalue weighted by Crippen LogP contribution is 2.40. The summed E-state index contributed by atoms with van der Waals surface area (Å²) in [5, 5.41) is 9.58. The van der Waals surface area contributed by atoms with E-state index in [2.05, 4.69) is 69.9 Å². The molecule has 0 atom stereocenters. The van der Waals surface area contributed by atoms with Crippen LogP contribution in [0.4, 0.5) is 5.69 Å². The van der Waals surface area contributed by atoms with Crippen molar-refractivity contribution in [2.45, 2.75) is 46.2 Å². The molecule has 3 rings (SSSR count). The molecule has 1 heterocycles. The largest absolute Gasteiger partial charge is 0.360 e. The van der Waals surface area contributed by atoms with Gasteiger partial charge in [-0.1, -0.05) is 42.5 Å². The van der Waals surface area contributed by atoms with Gasteiger partial charge in [-0.2, -0.15) is 5.26 Å². The smallest absolute Gasteiger partial charge is 0.0998 e. The van der Waals surface area contributed by atoms with Crippen molar-refractivity contribution in [3.63, 3.8) is 0 Å². The molecule has 0 aliphatic carbocycles. The monoisotopic (exact) mass is 342 g/mol. The lowest BCUT2D eigenvalue weighted by Crippen LogP contribution is -2.49. The number of anilines is 1. The van der Waals surface area contributed by atoms with Gasteiger partial charge in [-0.25, -0.2) is 0 Å². The molecule has 0 unspecified atom stereocenters. The lowest BCUT2D eigenvalue weighted by molar-refractivity contribution is 0.507. The third kappa shape index (κ3) is 3.30. The van der Waals surface area contributed by atoms with Crippen molar-refractivity contribution in [2.24, 2.45) is 0 Å². The van der Waals surface area contributed by atoms with Crippen molar-refractivity contribution in [2.75, 3.05) is 4.90 Å². The van der Waals surface area contributed by atoms with E-state index < -0.39 is 0 Å². The van der Waals surface area contributed by atoms with Gasteiger partial charge in [-0.3, -0.25) is 0 Å². The van der Waals surface area contributed by atoms with Crippen molar-refractivity contribution < 1.29 is 0 Å². The van der Waals surface area contributed by atoms with Gasteiger partial charge in [0.1, 0.15) is 0 Å². The molecule has 132 valence electrons. The van der Waals surface area contributed by atoms with Gasteiger partial charge < -0.3 is 4.90 Å². The highest BCUT2D eigenvalue weighted by molar-refractivity contribution is 5.91. The number of hydrogen-bond donors (Lipinski definition) is 0. The first kappa shape index (κ1) is 18.0. The maximum absolute atomic E-state index is 9.58. The summed E-state index contributed by atoms with van der Waals surface area (Å²) in [5.74, 6) is 0. The van der Waals surface area contributed by atoms with Crippen molar-refractivity contribution in [1.82, 2.24) is 0 Å². The number of nitriles is 1. The normalized spacial score (nSPS) is 16.1. The average Bonchev–Trinajstić information content (AvgIpc) is 2.59. The van der Waals surface area contributed by atoms with Crippen LogP contribution >= 0.6 is 0 Å². The summed E-state index contributed by atoms with van der Waals surface area (Å²) < 4.78 is 0. The van der Waals surface area contributed by atoms with Gasteiger partial charge >= 0.3 is 0 Å². The third-order valence-corrected chi connectivity index (χ3v) is 4.93. The Morgan fingerprint density at radius 2 is 1.81 bits per heavy atom. The van der Waals surface area contributed by atoms with Gasteiger partial charge in [-0.15, -0.1) is 0 Å². The Morgan fingerprint density at radius 3 is 2.42 bits per heavy atom. The zero-order chi connectivity index (χ0) is 18.9. The lowest BCUT2D eigenvalue weighted by atomic mass is 9.86. The van der Waals surface area contributed by atoms with E-state index in [0.717, 1.165) is 11.1 Å². The Hall–Kier alpha value is -2.79. The summed E-state index contributed by atoms with van der Waals surface area (Å²) in [6.07, 6.45) is 4.31. The summed E-state index contributed by atoms with van der Waals surface area (Å²) in [5.41, 5.74) is 6.48. The second-order valence-corrected chi connectivity index (χ2v) is 7.76. The summed E-state index contributed by atoms with van der Waals surface area (Å²) in [6, 6.07) is 19.1. The van der Waals surface area contributed by atoms with Crippen LogP contribution in [0.2, 0.25) is 0 Å². The molecule has 0 amide bonds. The Kier molecular flexibility index (Phi) is 4.74. The van der Waals surface area contributed by atoms with Gasteiger partial charge in [-0.05, 0) is 69.5 Å². The van der Waals surface area contributed by atoms with E-state index in [1.165, 1.54) is 16.8 Å². The van der Waals surface area contributed by atoms with Crippen molar-refractivity contribution >= 4 is 22.9 Å². The zero-order valence-corrected chi connectivity index (χ0v) is 16.2. The van der Waals surface area contributed by atoms with E-state index in [-0.39, 0.29) is 5.54 Å². The van der Waals surface area contributed by atoms with Crippen LogP contribution in [0.5, 0.6) is 0 Å². The topological polar surface area (TPSA) is 27.0 Å². The lowest BCUT2D eigenvalue weighted by Gasteiger charge is -2.46. The summed E-state index contributed by atoms with van der Waals surface area (Å²) in [7, 11) is 0. The predicted molar refractivity (Wildman–Crippen MR) is 112 cm³/mol. The first-order valence-corrected chi connectivity index (χ1v) is 9.14. The van der Waals surface area contributed by atoms with E-state index in [1.54, 1.807) is 0 Å². The quantitative estimate of drug-likeness (QED) is 0.493. The minimum Gasteiger partial charge on any atom is -0.360 e. The fourth-order valence-electron chi connectivity index (χ4n) is 4.07. The molecule has 1 aliphatic heterocycles. The average molecular weight is 342 g/mol. The maximum Gasteiger partial charge on any atom is 0.0998 e. The Bertz CT molecular complexity index is 909. The SMILES string of the molecule is CC1=CC(C)(C)N(C(C)C)c2ccc(/C=C(\C#N)c3ccccc3)cc21. The minimum absolute atomic E-state index is 0.00947. The fourth-order valence-corrected chi connectivity index (χ4v) is 4.07. The van der Waals surface area contributed by atoms with Crippen molar-refractivity contribution in [1.29, 1.82) is 5.26 Å². The molecular weight excluding hydrogens is 316 g/mol. The highest BCUT2D eigenvalue weighted by atomic mass is 15.2. The molecule has 2 aromatic carbocycles. The van der Waals surface area contributed by atoms with Crippen LogP contribution in [-0.4, -0.2) is 11.6 Å².